The summed E-state index contributed by atoms with van der Waals surface area (Å²) in [5.74, 6) is 0.842. The van der Waals surface area contributed by atoms with Gasteiger partial charge in [0.2, 0.25) is 17.5 Å². The molecule has 1 N–H and O–H groups in total. The number of nitrogens with zero attached hydrogens (tertiary/aromatic N) is 2. The third kappa shape index (κ3) is 3.03. The number of aromatic nitrogens is 1. The van der Waals surface area contributed by atoms with Crippen LogP contribution in [0.15, 0.2) is 28.7 Å². The van der Waals surface area contributed by atoms with E-state index in [1.807, 2.05) is 18.2 Å². The van der Waals surface area contributed by atoms with Crippen molar-refractivity contribution in [1.82, 2.24) is 4.98 Å². The van der Waals surface area contributed by atoms with Gasteiger partial charge in [0.05, 0.1) is 10.6 Å². The number of oxazole rings is 1. The van der Waals surface area contributed by atoms with E-state index in [0.29, 0.717) is 28.4 Å². The van der Waals surface area contributed by atoms with Gasteiger partial charge in [-0.05, 0) is 25.0 Å². The highest BCUT2D eigenvalue weighted by molar-refractivity contribution is 6.33. The van der Waals surface area contributed by atoms with Gasteiger partial charge in [-0.3, -0.25) is 0 Å². The van der Waals surface area contributed by atoms with Crippen molar-refractivity contribution in [2.24, 2.45) is 0 Å². The molecule has 0 amide bonds. The highest BCUT2D eigenvalue weighted by atomic mass is 35.5. The Hall–Kier alpha value is -1.99. The van der Waals surface area contributed by atoms with Crippen LogP contribution in [-0.2, 0) is 0 Å². The summed E-state index contributed by atoms with van der Waals surface area (Å²) >= 11 is 6.15. The first-order chi connectivity index (χ1) is 10.3. The van der Waals surface area contributed by atoms with Gasteiger partial charge in [0.25, 0.3) is 0 Å². The average Bonchev–Trinajstić information content (AvgIpc) is 2.91. The zero-order valence-corrected chi connectivity index (χ0v) is 12.4. The molecule has 108 valence electrons. The maximum absolute atomic E-state index is 9.23. The molecule has 1 saturated carbocycles. The van der Waals surface area contributed by atoms with Gasteiger partial charge in [-0.25, -0.2) is 0 Å². The molecule has 0 radical (unpaired) electrons. The fourth-order valence-corrected chi connectivity index (χ4v) is 2.89. The van der Waals surface area contributed by atoms with Crippen LogP contribution in [0.1, 0.15) is 37.8 Å². The Morgan fingerprint density at radius 2 is 2.00 bits per heavy atom. The van der Waals surface area contributed by atoms with Crippen molar-refractivity contribution in [3.05, 3.63) is 35.0 Å². The lowest BCUT2D eigenvalue weighted by atomic mass is 9.95. The topological polar surface area (TPSA) is 61.9 Å². The maximum atomic E-state index is 9.23. The summed E-state index contributed by atoms with van der Waals surface area (Å²) in [6.07, 6.45) is 5.92. The highest BCUT2D eigenvalue weighted by Gasteiger charge is 2.20. The second-order valence-electron chi connectivity index (χ2n) is 5.27. The number of hydrogen-bond acceptors (Lipinski definition) is 4. The van der Waals surface area contributed by atoms with E-state index >= 15 is 0 Å². The second-order valence-corrected chi connectivity index (χ2v) is 5.67. The van der Waals surface area contributed by atoms with E-state index < -0.39 is 0 Å². The van der Waals surface area contributed by atoms with E-state index in [2.05, 4.69) is 16.4 Å². The molecule has 0 bridgehead atoms. The summed E-state index contributed by atoms with van der Waals surface area (Å²) in [5.41, 5.74) is 0.989. The zero-order chi connectivity index (χ0) is 14.7. The molecule has 2 aromatic rings. The fraction of sp³-hybridized carbons (Fsp3) is 0.375. The first kappa shape index (κ1) is 14.0. The largest absolute Gasteiger partial charge is 0.419 e. The van der Waals surface area contributed by atoms with Crippen LogP contribution in [0.2, 0.25) is 5.02 Å². The SMILES string of the molecule is N#Cc1nc(-c2ccccc2Cl)oc1NC1CCCCC1. The Labute approximate surface area is 128 Å². The lowest BCUT2D eigenvalue weighted by molar-refractivity contribution is 0.451. The van der Waals surface area contributed by atoms with Crippen molar-refractivity contribution in [2.45, 2.75) is 38.1 Å². The zero-order valence-electron chi connectivity index (χ0n) is 11.6. The molecular formula is C16H16ClN3O. The first-order valence-corrected chi connectivity index (χ1v) is 7.58. The predicted molar refractivity (Wildman–Crippen MR) is 82.2 cm³/mol. The van der Waals surface area contributed by atoms with Crippen LogP contribution in [0, 0.1) is 11.3 Å². The Bertz CT molecular complexity index is 668. The number of benzene rings is 1. The van der Waals surface area contributed by atoms with Crippen molar-refractivity contribution in [3.63, 3.8) is 0 Å². The lowest BCUT2D eigenvalue weighted by Crippen LogP contribution is -2.22. The number of halogens is 1. The summed E-state index contributed by atoms with van der Waals surface area (Å²) < 4.78 is 5.75. The lowest BCUT2D eigenvalue weighted by Gasteiger charge is -2.22. The molecule has 1 heterocycles. The van der Waals surface area contributed by atoms with E-state index in [1.54, 1.807) is 6.07 Å². The molecule has 0 atom stereocenters. The monoisotopic (exact) mass is 301 g/mol. The molecule has 1 fully saturated rings. The number of hydrogen-bond donors (Lipinski definition) is 1. The molecular weight excluding hydrogens is 286 g/mol. The van der Waals surface area contributed by atoms with Crippen molar-refractivity contribution in [1.29, 1.82) is 5.26 Å². The number of nitrogens with one attached hydrogen (secondary N) is 1. The molecule has 0 unspecified atom stereocenters. The van der Waals surface area contributed by atoms with E-state index in [0.717, 1.165) is 12.8 Å². The van der Waals surface area contributed by atoms with Gasteiger partial charge in [0, 0.05) is 6.04 Å². The Morgan fingerprint density at radius 1 is 1.24 bits per heavy atom. The van der Waals surface area contributed by atoms with Crippen LogP contribution in [0.25, 0.3) is 11.5 Å². The number of nitriles is 1. The Balaban J connectivity index is 1.88. The van der Waals surface area contributed by atoms with Gasteiger partial charge in [0.1, 0.15) is 6.07 Å². The van der Waals surface area contributed by atoms with Crippen LogP contribution in [0.3, 0.4) is 0 Å². The van der Waals surface area contributed by atoms with E-state index in [-0.39, 0.29) is 5.69 Å². The molecule has 1 aromatic heterocycles. The van der Waals surface area contributed by atoms with Crippen LogP contribution in [-0.4, -0.2) is 11.0 Å². The molecule has 0 aliphatic heterocycles. The van der Waals surface area contributed by atoms with Crippen molar-refractivity contribution >= 4 is 17.5 Å². The summed E-state index contributed by atoms with van der Waals surface area (Å²) in [4.78, 5) is 4.25. The minimum Gasteiger partial charge on any atom is -0.419 e. The molecule has 5 heteroatoms. The molecule has 4 nitrogen and oxygen atoms in total. The summed E-state index contributed by atoms with van der Waals surface area (Å²) in [7, 11) is 0. The Kier molecular flexibility index (Phi) is 4.12. The molecule has 21 heavy (non-hydrogen) atoms. The summed E-state index contributed by atoms with van der Waals surface area (Å²) in [6.45, 7) is 0. The van der Waals surface area contributed by atoms with Crippen LogP contribution >= 0.6 is 11.6 Å². The van der Waals surface area contributed by atoms with Crippen LogP contribution < -0.4 is 5.32 Å². The molecule has 0 saturated heterocycles. The number of rotatable bonds is 3. The Morgan fingerprint density at radius 3 is 2.71 bits per heavy atom. The van der Waals surface area contributed by atoms with Gasteiger partial charge >= 0.3 is 0 Å². The summed E-state index contributed by atoms with van der Waals surface area (Å²) in [5, 5.41) is 13.1. The van der Waals surface area contributed by atoms with Crippen molar-refractivity contribution < 1.29 is 4.42 Å². The van der Waals surface area contributed by atoms with Gasteiger partial charge in [-0.1, -0.05) is 43.0 Å². The molecule has 1 aliphatic carbocycles. The van der Waals surface area contributed by atoms with Gasteiger partial charge in [-0.15, -0.1) is 0 Å². The van der Waals surface area contributed by atoms with Gasteiger partial charge < -0.3 is 9.73 Å². The van der Waals surface area contributed by atoms with Crippen molar-refractivity contribution in [2.75, 3.05) is 5.32 Å². The molecule has 1 aliphatic rings. The first-order valence-electron chi connectivity index (χ1n) is 7.20. The van der Waals surface area contributed by atoms with Crippen molar-refractivity contribution in [3.8, 4) is 17.5 Å². The second kappa shape index (κ2) is 6.19. The van der Waals surface area contributed by atoms with Crippen LogP contribution in [0.5, 0.6) is 0 Å². The van der Waals surface area contributed by atoms with Gasteiger partial charge in [-0.2, -0.15) is 10.2 Å². The standard InChI is InChI=1S/C16H16ClN3O/c17-13-9-5-4-8-12(13)15-20-14(10-18)16(21-15)19-11-6-2-1-3-7-11/h4-5,8-9,11,19H,1-3,6-7H2. The van der Waals surface area contributed by atoms with E-state index in [4.69, 9.17) is 16.0 Å². The molecule has 1 aromatic carbocycles. The highest BCUT2D eigenvalue weighted by Crippen LogP contribution is 2.31. The smallest absolute Gasteiger partial charge is 0.232 e. The van der Waals surface area contributed by atoms with E-state index in [1.165, 1.54) is 19.3 Å². The fourth-order valence-electron chi connectivity index (χ4n) is 2.68. The van der Waals surface area contributed by atoms with Crippen LogP contribution in [0.4, 0.5) is 5.88 Å². The maximum Gasteiger partial charge on any atom is 0.232 e. The molecule has 0 spiro atoms. The normalized spacial score (nSPS) is 15.6. The predicted octanol–water partition coefficient (Wildman–Crippen LogP) is 4.61. The minimum atomic E-state index is 0.287. The third-order valence-corrected chi connectivity index (χ3v) is 4.11. The quantitative estimate of drug-likeness (QED) is 0.899. The van der Waals surface area contributed by atoms with E-state index in [9.17, 15) is 5.26 Å². The minimum absolute atomic E-state index is 0.287. The summed E-state index contributed by atoms with van der Waals surface area (Å²) in [6, 6.07) is 9.77. The van der Waals surface area contributed by atoms with Gasteiger partial charge in [0.15, 0.2) is 0 Å². The third-order valence-electron chi connectivity index (χ3n) is 3.78. The molecule has 3 rings (SSSR count). The number of anilines is 1. The average molecular weight is 302 g/mol.